The first-order chi connectivity index (χ1) is 22.7. The Bertz CT molecular complexity index is 2070. The molecule has 0 fully saturated rings. The monoisotopic (exact) mass is 618 g/mol. The van der Waals surface area contributed by atoms with Gasteiger partial charge in [0.1, 0.15) is 0 Å². The molecule has 5 aromatic carbocycles. The smallest absolute Gasteiger partial charge is 0.305 e. The second-order valence-electron chi connectivity index (χ2n) is 13.7. The number of hydrogen-bond donors (Lipinski definition) is 1. The Hall–Kier alpha value is -5.09. The molecule has 5 aromatic rings. The minimum absolute atomic E-state index is 0.0866. The third-order valence-corrected chi connectivity index (χ3v) is 10.4. The van der Waals surface area contributed by atoms with Crippen molar-refractivity contribution >= 4 is 38.9 Å². The van der Waals surface area contributed by atoms with E-state index in [4.69, 9.17) is 0 Å². The number of nitrogens with zero attached hydrogens (tertiary/aromatic N) is 2. The first-order valence-electron chi connectivity index (χ1n) is 16.6. The van der Waals surface area contributed by atoms with E-state index in [1.165, 1.54) is 43.9 Å². The van der Waals surface area contributed by atoms with Crippen molar-refractivity contribution in [1.29, 1.82) is 0 Å². The summed E-state index contributed by atoms with van der Waals surface area (Å²) in [6.45, 7) is 7.31. The van der Waals surface area contributed by atoms with Gasteiger partial charge < -0.3 is 14.9 Å². The van der Waals surface area contributed by atoms with Crippen LogP contribution in [0.5, 0.6) is 0 Å². The number of allylic oxidation sites excluding steroid dienone is 5. The van der Waals surface area contributed by atoms with Crippen LogP contribution in [0.25, 0.3) is 21.5 Å². The molecule has 0 bridgehead atoms. The molecular formula is C43H42N2O2. The summed E-state index contributed by atoms with van der Waals surface area (Å²) in [5, 5.41) is 14.7. The summed E-state index contributed by atoms with van der Waals surface area (Å²) in [4.78, 5) is 16.2. The molecule has 0 spiro atoms. The van der Waals surface area contributed by atoms with Gasteiger partial charge in [0.05, 0.1) is 12.5 Å². The van der Waals surface area contributed by atoms with E-state index in [1.807, 2.05) is 6.07 Å². The first-order valence-corrected chi connectivity index (χ1v) is 16.6. The Morgan fingerprint density at radius 3 is 2.11 bits per heavy atom. The molecule has 2 aliphatic rings. The van der Waals surface area contributed by atoms with Crippen LogP contribution in [0.15, 0.2) is 139 Å². The fourth-order valence-corrected chi connectivity index (χ4v) is 8.31. The van der Waals surface area contributed by atoms with Crippen molar-refractivity contribution < 1.29 is 9.90 Å². The van der Waals surface area contributed by atoms with Crippen LogP contribution in [0.1, 0.15) is 43.9 Å². The number of hydrogen-bond acceptors (Lipinski definition) is 3. The fraction of sp³-hybridized carbons (Fsp3) is 0.233. The van der Waals surface area contributed by atoms with E-state index >= 15 is 0 Å². The third kappa shape index (κ3) is 5.13. The molecular weight excluding hydrogens is 576 g/mol. The average molecular weight is 619 g/mol. The molecule has 0 aromatic heterocycles. The molecule has 2 atom stereocenters. The zero-order chi connectivity index (χ0) is 32.8. The summed E-state index contributed by atoms with van der Waals surface area (Å²) in [6, 6.07) is 37.0. The van der Waals surface area contributed by atoms with Crippen LogP contribution in [0, 0.1) is 0 Å². The van der Waals surface area contributed by atoms with Gasteiger partial charge in [0.15, 0.2) is 0 Å². The topological polar surface area (TPSA) is 43.8 Å². The third-order valence-electron chi connectivity index (χ3n) is 10.4. The predicted octanol–water partition coefficient (Wildman–Crippen LogP) is 9.58. The molecule has 0 aliphatic carbocycles. The lowest BCUT2D eigenvalue weighted by Gasteiger charge is -2.34. The summed E-state index contributed by atoms with van der Waals surface area (Å²) in [5.74, 6) is -0.786. The van der Waals surface area contributed by atoms with E-state index in [2.05, 4.69) is 165 Å². The van der Waals surface area contributed by atoms with Crippen molar-refractivity contribution in [2.75, 3.05) is 23.4 Å². The van der Waals surface area contributed by atoms with Crippen LogP contribution in [0.3, 0.4) is 0 Å². The molecule has 7 rings (SSSR count). The minimum atomic E-state index is -0.786. The lowest BCUT2D eigenvalue weighted by atomic mass is 9.71. The summed E-state index contributed by atoms with van der Waals surface area (Å²) in [6.07, 6.45) is 11.9. The van der Waals surface area contributed by atoms with Gasteiger partial charge in [-0.05, 0) is 51.4 Å². The van der Waals surface area contributed by atoms with E-state index in [0.29, 0.717) is 6.54 Å². The van der Waals surface area contributed by atoms with Gasteiger partial charge in [-0.1, -0.05) is 142 Å². The van der Waals surface area contributed by atoms with Gasteiger partial charge in [-0.3, -0.25) is 4.79 Å². The van der Waals surface area contributed by atoms with Crippen LogP contribution < -0.4 is 9.80 Å². The highest BCUT2D eigenvalue weighted by molar-refractivity contribution is 6.16. The number of para-hydroxylation sites is 1. The molecule has 2 aliphatic heterocycles. The maximum Gasteiger partial charge on any atom is 0.305 e. The lowest BCUT2D eigenvalue weighted by Crippen LogP contribution is -2.41. The average Bonchev–Trinajstić information content (AvgIpc) is 3.43. The summed E-state index contributed by atoms with van der Waals surface area (Å²) >= 11 is 0. The van der Waals surface area contributed by atoms with Crippen LogP contribution >= 0.6 is 0 Å². The summed E-state index contributed by atoms with van der Waals surface area (Å²) in [7, 11) is 2.25. The number of benzene rings is 5. The zero-order valence-electron chi connectivity index (χ0n) is 27.7. The highest BCUT2D eigenvalue weighted by Crippen LogP contribution is 2.54. The number of carboxylic acids is 1. The van der Waals surface area contributed by atoms with E-state index in [1.54, 1.807) is 0 Å². The maximum atomic E-state index is 11.5. The maximum absolute atomic E-state index is 11.5. The quantitative estimate of drug-likeness (QED) is 0.139. The Labute approximate surface area is 278 Å². The number of carbonyl (C=O) groups is 1. The molecule has 4 nitrogen and oxygen atoms in total. The molecule has 0 saturated carbocycles. The highest BCUT2D eigenvalue weighted by Gasteiger charge is 2.47. The standard InChI is InChI=1S/C43H42N2O2/c1-42(2)35-23-15-16-24-36(35)45(28-27-39(46)47)37(42)25-9-6-10-26-38-43(3,29-30-17-7-5-8-18-30)40-33-21-13-11-19-31(33)32-20-12-14-22-34(32)41(40)44(38)4/h5-26,38H,27-29H2,1-4H3,(H,46,47)/b9-6+,26-10+,37-25-. The Balaban J connectivity index is 1.28. The van der Waals surface area contributed by atoms with E-state index < -0.39 is 5.97 Å². The Kier molecular flexibility index (Phi) is 7.76. The second kappa shape index (κ2) is 11.9. The lowest BCUT2D eigenvalue weighted by molar-refractivity contribution is -0.136. The van der Waals surface area contributed by atoms with Crippen LogP contribution in [-0.4, -0.2) is 30.7 Å². The van der Waals surface area contributed by atoms with Gasteiger partial charge >= 0.3 is 5.97 Å². The van der Waals surface area contributed by atoms with E-state index in [0.717, 1.165) is 17.8 Å². The number of carboxylic acid groups (broad SMARTS) is 1. The zero-order valence-corrected chi connectivity index (χ0v) is 27.7. The fourth-order valence-electron chi connectivity index (χ4n) is 8.31. The molecule has 0 saturated heterocycles. The van der Waals surface area contributed by atoms with Gasteiger partial charge in [0.25, 0.3) is 0 Å². The molecule has 2 heterocycles. The van der Waals surface area contributed by atoms with E-state index in [-0.39, 0.29) is 23.3 Å². The molecule has 0 radical (unpaired) electrons. The molecule has 0 amide bonds. The number of anilines is 2. The molecule has 2 unspecified atom stereocenters. The Morgan fingerprint density at radius 2 is 1.38 bits per heavy atom. The Morgan fingerprint density at radius 1 is 0.766 bits per heavy atom. The van der Waals surface area contributed by atoms with Crippen molar-refractivity contribution in [3.63, 3.8) is 0 Å². The van der Waals surface area contributed by atoms with Crippen LogP contribution in [0.2, 0.25) is 0 Å². The van der Waals surface area contributed by atoms with Crippen molar-refractivity contribution in [1.82, 2.24) is 0 Å². The number of likely N-dealkylation sites (N-methyl/N-ethyl adjacent to an activating group) is 1. The molecule has 236 valence electrons. The SMILES string of the molecule is CN1c2c(c3ccccc3c3ccccc23)C(C)(Cc2ccccc2)C1/C=C/C=C/C=C1\N(CCC(=O)O)c2ccccc2C1(C)C. The predicted molar refractivity (Wildman–Crippen MR) is 197 cm³/mol. The summed E-state index contributed by atoms with van der Waals surface area (Å²) in [5.41, 5.74) is 7.08. The molecule has 1 N–H and O–H groups in total. The largest absolute Gasteiger partial charge is 0.481 e. The minimum Gasteiger partial charge on any atom is -0.481 e. The van der Waals surface area contributed by atoms with Crippen molar-refractivity contribution in [2.45, 2.75) is 50.5 Å². The van der Waals surface area contributed by atoms with Crippen molar-refractivity contribution in [3.05, 3.63) is 156 Å². The van der Waals surface area contributed by atoms with E-state index in [9.17, 15) is 9.90 Å². The molecule has 47 heavy (non-hydrogen) atoms. The summed E-state index contributed by atoms with van der Waals surface area (Å²) < 4.78 is 0. The van der Waals surface area contributed by atoms with Gasteiger partial charge in [-0.2, -0.15) is 0 Å². The van der Waals surface area contributed by atoms with Crippen molar-refractivity contribution in [3.8, 4) is 0 Å². The number of aliphatic carboxylic acids is 1. The van der Waals surface area contributed by atoms with Crippen LogP contribution in [-0.2, 0) is 22.0 Å². The molecule has 4 heteroatoms. The van der Waals surface area contributed by atoms with Gasteiger partial charge in [-0.15, -0.1) is 0 Å². The van der Waals surface area contributed by atoms with Crippen LogP contribution in [0.4, 0.5) is 11.4 Å². The second-order valence-corrected chi connectivity index (χ2v) is 13.7. The number of rotatable bonds is 8. The van der Waals surface area contributed by atoms with Gasteiger partial charge in [0.2, 0.25) is 0 Å². The first kappa shape index (κ1) is 30.6. The van der Waals surface area contributed by atoms with Crippen molar-refractivity contribution in [2.24, 2.45) is 0 Å². The van der Waals surface area contributed by atoms with Gasteiger partial charge in [-0.25, -0.2) is 0 Å². The number of fused-ring (bicyclic) bond motifs is 7. The normalized spacial score (nSPS) is 21.0. The highest BCUT2D eigenvalue weighted by atomic mass is 16.4. The van der Waals surface area contributed by atoms with Gasteiger partial charge in [0, 0.05) is 46.9 Å².